The van der Waals surface area contributed by atoms with Gasteiger partial charge in [-0.3, -0.25) is 14.4 Å². The van der Waals surface area contributed by atoms with Gasteiger partial charge in [-0.05, 0) is 43.4 Å². The number of benzene rings is 1. The van der Waals surface area contributed by atoms with Crippen LogP contribution in [0.1, 0.15) is 92.3 Å². The fourth-order valence-electron chi connectivity index (χ4n) is 5.05. The summed E-state index contributed by atoms with van der Waals surface area (Å²) in [5, 5.41) is 10.1. The van der Waals surface area contributed by atoms with Crippen molar-refractivity contribution in [1.29, 1.82) is 0 Å². The van der Waals surface area contributed by atoms with E-state index >= 15 is 0 Å². The van der Waals surface area contributed by atoms with Crippen molar-refractivity contribution < 1.29 is 18.9 Å². The van der Waals surface area contributed by atoms with Gasteiger partial charge in [0.1, 0.15) is 5.54 Å². The normalized spacial score (nSPS) is 17.6. The maximum absolute atomic E-state index is 12.6. The monoisotopic (exact) mass is 481 g/mol. The average Bonchev–Trinajstić information content (AvgIpc) is 3.51. The number of hydrogen-bond donors (Lipinski definition) is 2. The molecule has 0 unspecified atom stereocenters. The Morgan fingerprint density at radius 2 is 1.80 bits per heavy atom. The SMILES string of the molecule is CC(=O)NC1(c2noc(CCC(=O)NCc3cccc(C(=O)N4CCCC4)c3)n2)CCCCCC1. The number of hydrogen-bond acceptors (Lipinski definition) is 6. The van der Waals surface area contributed by atoms with Crippen molar-refractivity contribution in [2.45, 2.75) is 83.2 Å². The average molecular weight is 482 g/mol. The molecule has 2 aliphatic rings. The molecule has 1 aliphatic carbocycles. The van der Waals surface area contributed by atoms with Crippen LogP contribution in [0.15, 0.2) is 28.8 Å². The highest BCUT2D eigenvalue weighted by Gasteiger charge is 2.38. The summed E-state index contributed by atoms with van der Waals surface area (Å²) in [4.78, 5) is 43.3. The van der Waals surface area contributed by atoms with Crippen LogP contribution in [0, 0.1) is 0 Å². The Balaban J connectivity index is 1.30. The Bertz CT molecular complexity index is 1040. The maximum atomic E-state index is 12.6. The molecule has 2 heterocycles. The largest absolute Gasteiger partial charge is 0.352 e. The second-order valence-electron chi connectivity index (χ2n) is 9.67. The summed E-state index contributed by atoms with van der Waals surface area (Å²) in [5.41, 5.74) is 0.946. The lowest BCUT2D eigenvalue weighted by Gasteiger charge is -2.30. The summed E-state index contributed by atoms with van der Waals surface area (Å²) in [6, 6.07) is 7.42. The van der Waals surface area contributed by atoms with Gasteiger partial charge in [0.2, 0.25) is 17.7 Å². The van der Waals surface area contributed by atoms with E-state index in [0.29, 0.717) is 30.2 Å². The van der Waals surface area contributed by atoms with Gasteiger partial charge in [-0.1, -0.05) is 43.0 Å². The summed E-state index contributed by atoms with van der Waals surface area (Å²) in [5.74, 6) is 0.705. The Morgan fingerprint density at radius 1 is 1.06 bits per heavy atom. The number of likely N-dealkylation sites (tertiary alicyclic amines) is 1. The number of amides is 3. The Morgan fingerprint density at radius 3 is 2.51 bits per heavy atom. The van der Waals surface area contributed by atoms with Crippen LogP contribution in [-0.4, -0.2) is 45.9 Å². The van der Waals surface area contributed by atoms with E-state index in [1.165, 1.54) is 6.92 Å². The second-order valence-corrected chi connectivity index (χ2v) is 9.67. The number of nitrogens with zero attached hydrogens (tertiary/aromatic N) is 3. The molecule has 2 fully saturated rings. The Labute approximate surface area is 206 Å². The molecule has 1 aliphatic heterocycles. The van der Waals surface area contributed by atoms with Gasteiger partial charge in [0.25, 0.3) is 5.91 Å². The third-order valence-corrected chi connectivity index (χ3v) is 6.89. The predicted molar refractivity (Wildman–Crippen MR) is 129 cm³/mol. The molecule has 0 atom stereocenters. The number of carbonyl (C=O) groups excluding carboxylic acids is 3. The number of carbonyl (C=O) groups is 3. The molecular weight excluding hydrogens is 446 g/mol. The zero-order valence-electron chi connectivity index (χ0n) is 20.5. The minimum absolute atomic E-state index is 0.0496. The molecule has 4 rings (SSSR count). The summed E-state index contributed by atoms with van der Waals surface area (Å²) >= 11 is 0. The van der Waals surface area contributed by atoms with Crippen LogP contribution in [0.2, 0.25) is 0 Å². The second kappa shape index (κ2) is 11.5. The molecule has 2 N–H and O–H groups in total. The minimum atomic E-state index is -0.593. The highest BCUT2D eigenvalue weighted by atomic mass is 16.5. The van der Waals surface area contributed by atoms with Gasteiger partial charge in [0, 0.05) is 45.0 Å². The van der Waals surface area contributed by atoms with E-state index in [0.717, 1.165) is 70.0 Å². The summed E-state index contributed by atoms with van der Waals surface area (Å²) in [6.07, 6.45) is 8.45. The lowest BCUT2D eigenvalue weighted by Crippen LogP contribution is -2.45. The first kappa shape index (κ1) is 24.9. The Kier molecular flexibility index (Phi) is 8.15. The predicted octanol–water partition coefficient (Wildman–Crippen LogP) is 3.24. The van der Waals surface area contributed by atoms with Gasteiger partial charge in [-0.2, -0.15) is 4.98 Å². The zero-order chi connectivity index (χ0) is 24.7. The van der Waals surface area contributed by atoms with Crippen molar-refractivity contribution in [2.75, 3.05) is 13.1 Å². The van der Waals surface area contributed by atoms with Gasteiger partial charge in [-0.25, -0.2) is 0 Å². The molecule has 0 radical (unpaired) electrons. The molecule has 1 aromatic carbocycles. The van der Waals surface area contributed by atoms with Crippen LogP contribution in [0.5, 0.6) is 0 Å². The van der Waals surface area contributed by atoms with E-state index in [4.69, 9.17) is 4.52 Å². The standard InChI is InChI=1S/C26H35N5O4/c1-19(32)29-26(13-4-2-3-5-14-26)25-28-23(35-30-25)12-11-22(33)27-18-20-9-8-10-21(17-20)24(34)31-15-6-7-16-31/h8-10,17H,2-7,11-16,18H2,1H3,(H,27,33)(H,29,32). The van der Waals surface area contributed by atoms with Crippen molar-refractivity contribution in [3.05, 3.63) is 47.1 Å². The molecule has 9 nitrogen and oxygen atoms in total. The molecule has 35 heavy (non-hydrogen) atoms. The number of nitrogens with one attached hydrogen (secondary N) is 2. The van der Waals surface area contributed by atoms with Crippen molar-refractivity contribution in [1.82, 2.24) is 25.7 Å². The molecule has 0 bridgehead atoms. The molecular formula is C26H35N5O4. The fourth-order valence-corrected chi connectivity index (χ4v) is 5.05. The number of aryl methyl sites for hydroxylation is 1. The fraction of sp³-hybridized carbons (Fsp3) is 0.577. The van der Waals surface area contributed by atoms with Crippen molar-refractivity contribution in [2.24, 2.45) is 0 Å². The van der Waals surface area contributed by atoms with Gasteiger partial charge < -0.3 is 20.1 Å². The molecule has 3 amide bonds. The van der Waals surface area contributed by atoms with Crippen LogP contribution in [0.25, 0.3) is 0 Å². The van der Waals surface area contributed by atoms with Crippen LogP contribution in [0.3, 0.4) is 0 Å². The molecule has 188 valence electrons. The van der Waals surface area contributed by atoms with Crippen LogP contribution in [0.4, 0.5) is 0 Å². The molecule has 0 spiro atoms. The topological polar surface area (TPSA) is 117 Å². The Hall–Kier alpha value is -3.23. The van der Waals surface area contributed by atoms with Gasteiger partial charge >= 0.3 is 0 Å². The molecule has 1 saturated carbocycles. The van der Waals surface area contributed by atoms with Gasteiger partial charge in [0.15, 0.2) is 5.82 Å². The first-order valence-corrected chi connectivity index (χ1v) is 12.7. The number of rotatable bonds is 8. The highest BCUT2D eigenvalue weighted by Crippen LogP contribution is 2.34. The van der Waals surface area contributed by atoms with E-state index in [1.54, 1.807) is 0 Å². The molecule has 1 aromatic heterocycles. The van der Waals surface area contributed by atoms with Crippen molar-refractivity contribution >= 4 is 17.7 Å². The van der Waals surface area contributed by atoms with E-state index in [-0.39, 0.29) is 24.1 Å². The van der Waals surface area contributed by atoms with E-state index in [9.17, 15) is 14.4 Å². The summed E-state index contributed by atoms with van der Waals surface area (Å²) < 4.78 is 5.43. The van der Waals surface area contributed by atoms with Crippen molar-refractivity contribution in [3.8, 4) is 0 Å². The van der Waals surface area contributed by atoms with E-state index in [2.05, 4.69) is 20.8 Å². The number of aromatic nitrogens is 2. The maximum Gasteiger partial charge on any atom is 0.253 e. The summed E-state index contributed by atoms with van der Waals surface area (Å²) in [6.45, 7) is 3.48. The third-order valence-electron chi connectivity index (χ3n) is 6.89. The molecule has 1 saturated heterocycles. The lowest BCUT2D eigenvalue weighted by atomic mass is 9.89. The first-order chi connectivity index (χ1) is 16.9. The molecule has 9 heteroatoms. The zero-order valence-corrected chi connectivity index (χ0v) is 20.5. The first-order valence-electron chi connectivity index (χ1n) is 12.7. The van der Waals surface area contributed by atoms with Crippen LogP contribution in [-0.2, 0) is 28.1 Å². The quantitative estimate of drug-likeness (QED) is 0.559. The van der Waals surface area contributed by atoms with Crippen LogP contribution < -0.4 is 10.6 Å². The lowest BCUT2D eigenvalue weighted by molar-refractivity contribution is -0.122. The minimum Gasteiger partial charge on any atom is -0.352 e. The van der Waals surface area contributed by atoms with E-state index < -0.39 is 5.54 Å². The van der Waals surface area contributed by atoms with E-state index in [1.807, 2.05) is 29.2 Å². The highest BCUT2D eigenvalue weighted by molar-refractivity contribution is 5.94. The molecule has 2 aromatic rings. The smallest absolute Gasteiger partial charge is 0.253 e. The van der Waals surface area contributed by atoms with Crippen LogP contribution >= 0.6 is 0 Å². The summed E-state index contributed by atoms with van der Waals surface area (Å²) in [7, 11) is 0. The van der Waals surface area contributed by atoms with Crippen molar-refractivity contribution in [3.63, 3.8) is 0 Å². The van der Waals surface area contributed by atoms with Gasteiger partial charge in [-0.15, -0.1) is 0 Å². The van der Waals surface area contributed by atoms with Gasteiger partial charge in [0.05, 0.1) is 0 Å². The third kappa shape index (κ3) is 6.46.